The normalized spacial score (nSPS) is 19.1. The molecule has 4 aromatic rings. The Bertz CT molecular complexity index is 2650. The molecule has 6 N–H and O–H groups in total. The number of hydrogen-bond acceptors (Lipinski definition) is 13. The fourth-order valence-corrected chi connectivity index (χ4v) is 11.6. The van der Waals surface area contributed by atoms with Crippen LogP contribution in [0.4, 0.5) is 10.5 Å². The summed E-state index contributed by atoms with van der Waals surface area (Å²) in [7, 11) is -4.89. The van der Waals surface area contributed by atoms with E-state index in [9.17, 15) is 31.8 Å². The van der Waals surface area contributed by atoms with E-state index in [4.69, 9.17) is 24.6 Å². The SMILES string of the molecule is Cn1nc(S(=O)(=O)NC(=O)Nc2c3c(cc4c2CCC4)CCC3)cc1C1(O)CCOCC1.Cn1nc(S(N)(=O)=O)cc1C1(O)CCOCC1.N#COc1c2c(cc3c1CCC3)CCC2. The zero-order valence-electron chi connectivity index (χ0n) is 36.2. The molecule has 2 amide bonds. The number of rotatable bonds is 7. The molecule has 18 nitrogen and oxygen atoms in total. The summed E-state index contributed by atoms with van der Waals surface area (Å²) in [4.78, 5) is 12.8. The Labute approximate surface area is 373 Å². The fourth-order valence-electron chi connectivity index (χ4n) is 10.2. The molecule has 0 bridgehead atoms. The van der Waals surface area contributed by atoms with Crippen LogP contribution in [0, 0.1) is 11.5 Å². The summed E-state index contributed by atoms with van der Waals surface area (Å²) in [6.45, 7) is 1.64. The summed E-state index contributed by atoms with van der Waals surface area (Å²) < 4.78 is 68.6. The number of nitrogens with one attached hydrogen (secondary N) is 2. The Kier molecular flexibility index (Phi) is 13.0. The number of anilines is 1. The van der Waals surface area contributed by atoms with E-state index >= 15 is 0 Å². The number of amides is 2. The van der Waals surface area contributed by atoms with Gasteiger partial charge in [0.2, 0.25) is 0 Å². The molecule has 0 atom stereocenters. The number of nitrogens with zero attached hydrogens (tertiary/aromatic N) is 5. The molecule has 4 heterocycles. The number of nitriles is 1. The summed E-state index contributed by atoms with van der Waals surface area (Å²) >= 11 is 0. The first-order valence-electron chi connectivity index (χ1n) is 21.9. The van der Waals surface area contributed by atoms with Gasteiger partial charge < -0.3 is 29.7 Å². The van der Waals surface area contributed by atoms with Gasteiger partial charge in [-0.05, 0) is 122 Å². The Morgan fingerprint density at radius 2 is 1.11 bits per heavy atom. The third kappa shape index (κ3) is 9.29. The van der Waals surface area contributed by atoms with E-state index in [1.807, 2.05) is 6.26 Å². The Hall–Kier alpha value is -4.88. The smallest absolute Gasteiger partial charge is 0.333 e. The van der Waals surface area contributed by atoms with Crippen LogP contribution in [0.2, 0.25) is 0 Å². The number of aliphatic hydroxyl groups is 2. The van der Waals surface area contributed by atoms with Gasteiger partial charge in [0, 0.05) is 84.0 Å². The van der Waals surface area contributed by atoms with Crippen LogP contribution in [0.5, 0.6) is 5.75 Å². The largest absolute Gasteiger partial charge is 0.387 e. The molecule has 0 saturated carbocycles. The quantitative estimate of drug-likeness (QED) is 0.167. The molecule has 0 radical (unpaired) electrons. The topological polar surface area (TPSA) is 263 Å². The number of urea groups is 1. The first kappa shape index (κ1) is 45.7. The van der Waals surface area contributed by atoms with Gasteiger partial charge in [-0.25, -0.2) is 23.1 Å². The van der Waals surface area contributed by atoms with Gasteiger partial charge in [0.25, 0.3) is 26.3 Å². The number of carbonyl (C=O) groups excluding carboxylic acids is 1. The Balaban J connectivity index is 0.000000146. The molecule has 2 saturated heterocycles. The molecule has 2 fully saturated rings. The number of carbonyl (C=O) groups is 1. The maximum absolute atomic E-state index is 12.9. The lowest BCUT2D eigenvalue weighted by molar-refractivity contribution is -0.0729. The highest BCUT2D eigenvalue weighted by atomic mass is 32.2. The minimum absolute atomic E-state index is 0.227. The van der Waals surface area contributed by atoms with E-state index < -0.39 is 37.3 Å². The molecule has 6 aliphatic rings. The molecule has 10 rings (SSSR count). The van der Waals surface area contributed by atoms with Crippen molar-refractivity contribution in [3.05, 3.63) is 80.2 Å². The number of aromatic nitrogens is 4. The summed E-state index contributed by atoms with van der Waals surface area (Å²) in [6.07, 6.45) is 16.1. The number of hydrogen-bond donors (Lipinski definition) is 5. The lowest BCUT2D eigenvalue weighted by Crippen LogP contribution is -2.35. The van der Waals surface area contributed by atoms with Crippen LogP contribution in [-0.4, -0.2) is 79.1 Å². The standard InChI is InChI=1S/C22H28N4O5S.C13H13NO.C9H15N3O4S/c1-26-18(22(28)8-10-31-11-9-22)13-19(24-26)32(29,30)25-21(27)23-20-16-6-2-4-14(16)12-15-5-3-7-17(15)20;14-8-15-13-11-5-1-3-9(11)7-10-4-2-6-12(10)13;1-12-7(6-8(11-12)17(10,14)15)9(13)2-4-16-5-3-9/h12-13,28H,2-11H2,1H3,(H2,23,25,27);7H,1-6H2;6,13H,2-5H2,1H3,(H2,10,14,15). The molecule has 4 aliphatic carbocycles. The number of fused-ring (bicyclic) bond motifs is 4. The zero-order valence-corrected chi connectivity index (χ0v) is 37.9. The average Bonchev–Trinajstić information content (AvgIpc) is 4.10. The minimum atomic E-state index is -4.21. The number of sulfonamides is 2. The van der Waals surface area contributed by atoms with E-state index in [0.29, 0.717) is 63.5 Å². The zero-order chi connectivity index (χ0) is 45.4. The first-order valence-corrected chi connectivity index (χ1v) is 25.0. The van der Waals surface area contributed by atoms with E-state index in [2.05, 4.69) is 32.4 Å². The summed E-state index contributed by atoms with van der Waals surface area (Å²) in [5.74, 6) is 0.903. The molecule has 0 spiro atoms. The van der Waals surface area contributed by atoms with Gasteiger partial charge in [0.1, 0.15) is 17.0 Å². The van der Waals surface area contributed by atoms with Crippen LogP contribution in [-0.2, 0) is 106 Å². The van der Waals surface area contributed by atoms with Crippen molar-refractivity contribution in [3.63, 3.8) is 0 Å². The van der Waals surface area contributed by atoms with Crippen molar-refractivity contribution in [3.8, 4) is 12.0 Å². The van der Waals surface area contributed by atoms with Crippen molar-refractivity contribution in [2.45, 2.75) is 124 Å². The van der Waals surface area contributed by atoms with Crippen LogP contribution < -0.4 is 19.9 Å². The van der Waals surface area contributed by atoms with Crippen molar-refractivity contribution in [1.82, 2.24) is 24.3 Å². The molecular weight excluding hydrogens is 865 g/mol. The summed E-state index contributed by atoms with van der Waals surface area (Å²) in [5.41, 5.74) is 9.51. The van der Waals surface area contributed by atoms with Crippen molar-refractivity contribution in [2.75, 3.05) is 31.7 Å². The summed E-state index contributed by atoms with van der Waals surface area (Å²) in [6, 6.07) is 6.45. The first-order chi connectivity index (χ1) is 30.5. The second-order valence-electron chi connectivity index (χ2n) is 17.5. The highest BCUT2D eigenvalue weighted by molar-refractivity contribution is 7.90. The van der Waals surface area contributed by atoms with E-state index in [-0.39, 0.29) is 10.1 Å². The van der Waals surface area contributed by atoms with Crippen molar-refractivity contribution in [1.29, 1.82) is 5.26 Å². The monoisotopic (exact) mass is 920 g/mol. The predicted molar refractivity (Wildman–Crippen MR) is 232 cm³/mol. The minimum Gasteiger partial charge on any atom is -0.387 e. The van der Waals surface area contributed by atoms with Gasteiger partial charge in [-0.1, -0.05) is 12.1 Å². The van der Waals surface area contributed by atoms with Gasteiger partial charge in [-0.3, -0.25) is 9.36 Å². The molecule has 2 aromatic heterocycles. The third-order valence-electron chi connectivity index (χ3n) is 13.4. The highest BCUT2D eigenvalue weighted by Gasteiger charge is 2.38. The fraction of sp³-hybridized carbons (Fsp3) is 0.545. The predicted octanol–water partition coefficient (Wildman–Crippen LogP) is 3.50. The number of aryl methyl sites for hydroxylation is 6. The maximum Gasteiger partial charge on any atom is 0.333 e. The maximum atomic E-state index is 12.9. The number of primary sulfonamides is 1. The molecular formula is C44H56N8O10S2. The molecule has 0 unspecified atom stereocenters. The van der Waals surface area contributed by atoms with Gasteiger partial charge >= 0.3 is 6.03 Å². The van der Waals surface area contributed by atoms with Gasteiger partial charge in [-0.15, -0.1) is 5.26 Å². The van der Waals surface area contributed by atoms with Crippen LogP contribution in [0.3, 0.4) is 0 Å². The third-order valence-corrected chi connectivity index (χ3v) is 15.4. The molecule has 2 aromatic carbocycles. The molecule has 2 aliphatic heterocycles. The molecule has 344 valence electrons. The lowest BCUT2D eigenvalue weighted by Gasteiger charge is -2.31. The van der Waals surface area contributed by atoms with Crippen LogP contribution in [0.25, 0.3) is 0 Å². The van der Waals surface area contributed by atoms with E-state index in [1.165, 1.54) is 67.7 Å². The van der Waals surface area contributed by atoms with E-state index in [0.717, 1.165) is 86.8 Å². The van der Waals surface area contributed by atoms with Crippen molar-refractivity contribution in [2.24, 2.45) is 19.2 Å². The van der Waals surface area contributed by atoms with Crippen molar-refractivity contribution >= 4 is 31.8 Å². The van der Waals surface area contributed by atoms with Crippen LogP contribution in [0.1, 0.15) is 107 Å². The second kappa shape index (κ2) is 18.2. The van der Waals surface area contributed by atoms with E-state index in [1.54, 1.807) is 14.1 Å². The summed E-state index contributed by atoms with van der Waals surface area (Å²) in [5, 5.41) is 45.2. The molecule has 64 heavy (non-hydrogen) atoms. The van der Waals surface area contributed by atoms with Crippen molar-refractivity contribution < 1.29 is 46.1 Å². The number of nitrogens with two attached hydrogens (primary N) is 1. The van der Waals surface area contributed by atoms with Gasteiger partial charge in [0.15, 0.2) is 10.1 Å². The highest BCUT2D eigenvalue weighted by Crippen LogP contribution is 2.41. The van der Waals surface area contributed by atoms with Crippen LogP contribution in [0.15, 0.2) is 34.3 Å². The number of benzene rings is 2. The number of ether oxygens (including phenoxy) is 3. The van der Waals surface area contributed by atoms with Crippen LogP contribution >= 0.6 is 0 Å². The average molecular weight is 921 g/mol. The van der Waals surface area contributed by atoms with Gasteiger partial charge in [-0.2, -0.15) is 18.6 Å². The Morgan fingerprint density at radius 3 is 1.53 bits per heavy atom. The molecule has 20 heteroatoms. The van der Waals surface area contributed by atoms with Gasteiger partial charge in [0.05, 0.1) is 11.4 Å². The second-order valence-corrected chi connectivity index (χ2v) is 20.6. The Morgan fingerprint density at radius 1 is 0.703 bits per heavy atom. The lowest BCUT2D eigenvalue weighted by atomic mass is 9.91.